The van der Waals surface area contributed by atoms with E-state index in [4.69, 9.17) is 30.6 Å². The summed E-state index contributed by atoms with van der Waals surface area (Å²) in [5.41, 5.74) is 0. The monoisotopic (exact) mass is 510 g/mol. The molecule has 0 atom stereocenters. The third-order valence-electron chi connectivity index (χ3n) is 0. The smallest absolute Gasteiger partial charge is 0.870 e. The van der Waals surface area contributed by atoms with Gasteiger partial charge in [-0.3, -0.25) is 0 Å². The molecule has 0 radical (unpaired) electrons. The van der Waals surface area contributed by atoms with Crippen LogP contribution in [0.1, 0.15) is 37.1 Å². The molecule has 13 N–H and O–H groups in total. The van der Waals surface area contributed by atoms with E-state index in [1.807, 2.05) is 0 Å². The predicted molar refractivity (Wildman–Crippen MR) is 71.2 cm³/mol. The summed E-state index contributed by atoms with van der Waals surface area (Å²) in [6.07, 6.45) is 0. The maximum Gasteiger partial charge on any atom is 1.00 e. The average Bonchev–Trinajstić information content (AvgIpc) is 1.25. The molecule has 0 aliphatic heterocycles. The van der Waals surface area contributed by atoms with Crippen LogP contribution in [0.25, 0.3) is 0 Å². The Balaban J connectivity index is -0.00000000126. The third-order valence-corrected chi connectivity index (χ3v) is 0. The van der Waals surface area contributed by atoms with Gasteiger partial charge in [-0.1, -0.05) is 37.1 Å². The minimum atomic E-state index is -1.50. The van der Waals surface area contributed by atoms with Crippen LogP contribution in [0.4, 0.5) is 0 Å². The molecule has 18 heteroatoms. The van der Waals surface area contributed by atoms with E-state index in [-0.39, 0.29) is 149 Å². The summed E-state index contributed by atoms with van der Waals surface area (Å²) >= 11 is 0. The third kappa shape index (κ3) is 23500. The maximum absolute atomic E-state index is 8.36. The fourth-order valence-electron chi connectivity index (χ4n) is 0. The molecular formula is C5H33N2NaNi3O12. The van der Waals surface area contributed by atoms with Crippen LogP contribution in [0, 0.1) is 20.2 Å². The van der Waals surface area contributed by atoms with Gasteiger partial charge in [-0.05, 0) is 0 Å². The molecule has 0 saturated heterocycles. The fraction of sp³-hybridized carbons (Fsp3) is 1.00. The molecule has 0 bridgehead atoms. The van der Waals surface area contributed by atoms with E-state index in [0.29, 0.717) is 0 Å². The zero-order chi connectivity index (χ0) is 7.15. The van der Waals surface area contributed by atoms with Gasteiger partial charge in [0.1, 0.15) is 0 Å². The van der Waals surface area contributed by atoms with Crippen LogP contribution >= 0.6 is 0 Å². The average molecular weight is 512 g/mol. The Bertz CT molecular complexity index is 101. The number of rotatable bonds is 0. The minimum Gasteiger partial charge on any atom is -0.870 e. The second kappa shape index (κ2) is 240. The number of hydrogen-bond acceptors (Lipinski definition) is 5. The molecule has 0 aromatic heterocycles. The van der Waals surface area contributed by atoms with Crippen LogP contribution in [0.3, 0.4) is 0 Å². The molecule has 0 fully saturated rings. The van der Waals surface area contributed by atoms with Gasteiger partial charge in [0, 0.05) is 49.5 Å². The van der Waals surface area contributed by atoms with Gasteiger partial charge < -0.3 is 43.3 Å². The molecule has 23 heavy (non-hydrogen) atoms. The van der Waals surface area contributed by atoms with E-state index in [0.717, 1.165) is 0 Å². The second-order valence-electron chi connectivity index (χ2n) is 0.476. The summed E-state index contributed by atoms with van der Waals surface area (Å²) in [5, 5.41) is 27.3. The molecule has 0 rings (SSSR count). The summed E-state index contributed by atoms with van der Waals surface area (Å²) < 4.78 is 0. The molecule has 0 amide bonds. The van der Waals surface area contributed by atoms with Crippen LogP contribution in [0.2, 0.25) is 0 Å². The van der Waals surface area contributed by atoms with Crippen molar-refractivity contribution in [2.24, 2.45) is 0 Å². The van der Waals surface area contributed by atoms with E-state index in [2.05, 4.69) is 0 Å². The topological polar surface area (TPSA) is 314 Å². The van der Waals surface area contributed by atoms with Crippen LogP contribution in [-0.4, -0.2) is 53.4 Å². The van der Waals surface area contributed by atoms with Gasteiger partial charge in [-0.2, -0.15) is 0 Å². The van der Waals surface area contributed by atoms with E-state index in [1.165, 1.54) is 0 Å². The van der Waals surface area contributed by atoms with Crippen molar-refractivity contribution in [2.75, 3.05) is 0 Å². The molecule has 0 heterocycles. The first-order chi connectivity index (χ1) is 3.46. The first-order valence-corrected chi connectivity index (χ1v) is 1.13. The summed E-state index contributed by atoms with van der Waals surface area (Å²) in [6.45, 7) is 0. The summed E-state index contributed by atoms with van der Waals surface area (Å²) in [4.78, 5) is 16.7. The van der Waals surface area contributed by atoms with E-state index in [1.54, 1.807) is 0 Å². The molecule has 166 valence electrons. The van der Waals surface area contributed by atoms with Crippen LogP contribution in [0.15, 0.2) is 0 Å². The van der Waals surface area contributed by atoms with Crippen LogP contribution < -0.4 is 29.6 Å². The van der Waals surface area contributed by atoms with Crippen molar-refractivity contribution in [2.45, 2.75) is 37.1 Å². The number of hydrogen-bond donors (Lipinski definition) is 2. The molecule has 0 aromatic carbocycles. The molecule has 14 nitrogen and oxygen atoms in total. The predicted octanol–water partition coefficient (Wildman–Crippen LogP) is -4.82. The van der Waals surface area contributed by atoms with Crippen molar-refractivity contribution < 1.29 is 132 Å². The van der Waals surface area contributed by atoms with Gasteiger partial charge in [-0.25, -0.2) is 0 Å². The Morgan fingerprint density at radius 2 is 0.565 bits per heavy atom. The van der Waals surface area contributed by atoms with Gasteiger partial charge >= 0.3 is 29.6 Å². The largest absolute Gasteiger partial charge is 1.00 e. The standard InChI is InChI=1S/5CH4.2HNO3.Na.3Ni.6H2O/c;;;;;2*2-1(3)4;;;;;;;;;;/h5*1H4;2*(H,2,3,4);;;;;6*1H2/q;;;;;;;+1;;;;;;;;;/p-1. The van der Waals surface area contributed by atoms with Gasteiger partial charge in [0.15, 0.2) is 0 Å². The summed E-state index contributed by atoms with van der Waals surface area (Å²) in [6, 6.07) is 0. The summed E-state index contributed by atoms with van der Waals surface area (Å²) in [5.74, 6) is 0. The molecule has 0 spiro atoms. The molecule has 0 saturated carbocycles. The van der Waals surface area contributed by atoms with Crippen LogP contribution in [0.5, 0.6) is 0 Å². The second-order valence-corrected chi connectivity index (χ2v) is 0.476. The minimum absolute atomic E-state index is 0. The Labute approximate surface area is 188 Å². The molecule has 0 aromatic rings. The summed E-state index contributed by atoms with van der Waals surface area (Å²) in [7, 11) is 0. The normalized spacial score (nSPS) is 2.09. The molecule has 0 aliphatic rings. The molecule has 0 unspecified atom stereocenters. The van der Waals surface area contributed by atoms with Gasteiger partial charge in [0.2, 0.25) is 0 Å². The molecule has 0 aliphatic carbocycles. The van der Waals surface area contributed by atoms with Crippen molar-refractivity contribution in [3.8, 4) is 0 Å². The first-order valence-electron chi connectivity index (χ1n) is 1.13. The van der Waals surface area contributed by atoms with E-state index in [9.17, 15) is 0 Å². The molecular weight excluding hydrogens is 479 g/mol. The Morgan fingerprint density at radius 1 is 0.565 bits per heavy atom. The van der Waals surface area contributed by atoms with Gasteiger partial charge in [-0.15, -0.1) is 20.2 Å². The zero-order valence-electron chi connectivity index (χ0n) is 8.32. The Hall–Kier alpha value is 0.641. The maximum atomic E-state index is 8.36. The van der Waals surface area contributed by atoms with Crippen molar-refractivity contribution in [3.63, 3.8) is 0 Å². The van der Waals surface area contributed by atoms with Gasteiger partial charge in [0.05, 0.1) is 0 Å². The first kappa shape index (κ1) is 275. The fourth-order valence-corrected chi connectivity index (χ4v) is 0. The Morgan fingerprint density at radius 3 is 0.565 bits per heavy atom. The zero-order valence-corrected chi connectivity index (χ0v) is 13.3. The quantitative estimate of drug-likeness (QED) is 0.181. The Kier molecular flexibility index (Phi) is 2870. The van der Waals surface area contributed by atoms with Gasteiger partial charge in [0.25, 0.3) is 10.2 Å². The van der Waals surface area contributed by atoms with Crippen molar-refractivity contribution in [1.82, 2.24) is 0 Å². The number of nitrogens with zero attached hydrogens (tertiary/aromatic N) is 2. The van der Waals surface area contributed by atoms with Crippen molar-refractivity contribution in [1.29, 1.82) is 0 Å². The van der Waals surface area contributed by atoms with Crippen molar-refractivity contribution in [3.05, 3.63) is 20.2 Å². The van der Waals surface area contributed by atoms with E-state index >= 15 is 0 Å². The SMILES string of the molecule is C.C.C.C.C.O.O.O.O.O.O=[N+]([O-])O.O=[N+]([O-])O.[Na+].[Ni].[Ni].[Ni].[OH-]. The van der Waals surface area contributed by atoms with Crippen LogP contribution in [-0.2, 0) is 49.5 Å². The van der Waals surface area contributed by atoms with E-state index < -0.39 is 10.2 Å². The van der Waals surface area contributed by atoms with Crippen molar-refractivity contribution >= 4 is 0 Å².